The van der Waals surface area contributed by atoms with Gasteiger partial charge in [0.2, 0.25) is 0 Å². The van der Waals surface area contributed by atoms with Crippen LogP contribution in [0.25, 0.3) is 0 Å². The van der Waals surface area contributed by atoms with Crippen molar-refractivity contribution in [1.82, 2.24) is 0 Å². The van der Waals surface area contributed by atoms with Crippen molar-refractivity contribution in [2.45, 2.75) is 19.4 Å². The molecule has 0 aliphatic carbocycles. The van der Waals surface area contributed by atoms with E-state index < -0.39 is 0 Å². The molecule has 2 nitrogen and oxygen atoms in total. The second-order valence-electron chi connectivity index (χ2n) is 1.98. The van der Waals surface area contributed by atoms with E-state index in [0.717, 1.165) is 6.42 Å². The fourth-order valence-corrected chi connectivity index (χ4v) is 0.709. The summed E-state index contributed by atoms with van der Waals surface area (Å²) >= 11 is 0. The molecule has 1 atom stereocenters. The molecule has 0 fully saturated rings. The van der Waals surface area contributed by atoms with Gasteiger partial charge in [0, 0.05) is 6.08 Å². The van der Waals surface area contributed by atoms with Gasteiger partial charge in [-0.1, -0.05) is 6.92 Å². The molecule has 1 rings (SSSR count). The van der Waals surface area contributed by atoms with Crippen LogP contribution in [0.4, 0.5) is 0 Å². The minimum absolute atomic E-state index is 0.0648. The SMILES string of the molecule is CCC1C=C(O)C=CO1. The number of aliphatic hydroxyl groups is 1. The lowest BCUT2D eigenvalue weighted by Crippen LogP contribution is -2.07. The Morgan fingerprint density at radius 2 is 2.56 bits per heavy atom. The van der Waals surface area contributed by atoms with E-state index in [2.05, 4.69) is 0 Å². The van der Waals surface area contributed by atoms with E-state index in [9.17, 15) is 0 Å². The average molecular weight is 126 g/mol. The van der Waals surface area contributed by atoms with Crippen LogP contribution in [0.5, 0.6) is 0 Å². The summed E-state index contributed by atoms with van der Waals surface area (Å²) in [4.78, 5) is 0. The van der Waals surface area contributed by atoms with Crippen molar-refractivity contribution in [3.8, 4) is 0 Å². The van der Waals surface area contributed by atoms with Gasteiger partial charge in [0.1, 0.15) is 11.9 Å². The molecule has 0 aromatic rings. The third-order valence-electron chi connectivity index (χ3n) is 1.25. The number of rotatable bonds is 1. The van der Waals surface area contributed by atoms with Crippen LogP contribution in [0.2, 0.25) is 0 Å². The quantitative estimate of drug-likeness (QED) is 0.580. The van der Waals surface area contributed by atoms with Crippen molar-refractivity contribution < 1.29 is 9.84 Å². The van der Waals surface area contributed by atoms with E-state index in [1.165, 1.54) is 12.3 Å². The fraction of sp³-hybridized carbons (Fsp3) is 0.429. The van der Waals surface area contributed by atoms with Gasteiger partial charge in [0.15, 0.2) is 0 Å². The number of allylic oxidation sites excluding steroid dienone is 1. The first-order valence-corrected chi connectivity index (χ1v) is 3.05. The largest absolute Gasteiger partial charge is 0.508 e. The number of aliphatic hydroxyl groups excluding tert-OH is 1. The highest BCUT2D eigenvalue weighted by Crippen LogP contribution is 2.09. The van der Waals surface area contributed by atoms with E-state index in [0.29, 0.717) is 5.76 Å². The zero-order valence-corrected chi connectivity index (χ0v) is 5.37. The topological polar surface area (TPSA) is 29.5 Å². The summed E-state index contributed by atoms with van der Waals surface area (Å²) in [6.07, 6.45) is 5.71. The standard InChI is InChI=1S/C7H10O2/c1-2-7-5-6(8)3-4-9-7/h3-5,7-8H,2H2,1H3. The summed E-state index contributed by atoms with van der Waals surface area (Å²) in [5.74, 6) is 0.299. The minimum Gasteiger partial charge on any atom is -0.508 e. The summed E-state index contributed by atoms with van der Waals surface area (Å²) in [6, 6.07) is 0. The molecule has 0 amide bonds. The Hall–Kier alpha value is -0.920. The van der Waals surface area contributed by atoms with Gasteiger partial charge in [-0.2, -0.15) is 0 Å². The van der Waals surface area contributed by atoms with Gasteiger partial charge in [0.25, 0.3) is 0 Å². The molecule has 2 heteroatoms. The van der Waals surface area contributed by atoms with Crippen molar-refractivity contribution in [2.75, 3.05) is 0 Å². The van der Waals surface area contributed by atoms with Gasteiger partial charge in [-0.3, -0.25) is 0 Å². The third-order valence-corrected chi connectivity index (χ3v) is 1.25. The summed E-state index contributed by atoms with van der Waals surface area (Å²) in [5.41, 5.74) is 0. The molecule has 50 valence electrons. The maximum Gasteiger partial charge on any atom is 0.119 e. The maximum atomic E-state index is 8.90. The zero-order chi connectivity index (χ0) is 6.69. The van der Waals surface area contributed by atoms with E-state index >= 15 is 0 Å². The first-order chi connectivity index (χ1) is 4.33. The smallest absolute Gasteiger partial charge is 0.119 e. The van der Waals surface area contributed by atoms with Crippen LogP contribution in [0.3, 0.4) is 0 Å². The van der Waals surface area contributed by atoms with Crippen molar-refractivity contribution in [3.05, 3.63) is 24.2 Å². The zero-order valence-electron chi connectivity index (χ0n) is 5.37. The fourth-order valence-electron chi connectivity index (χ4n) is 0.709. The number of ether oxygens (including phenoxy) is 1. The van der Waals surface area contributed by atoms with Crippen LogP contribution >= 0.6 is 0 Å². The maximum absolute atomic E-state index is 8.90. The molecule has 0 saturated heterocycles. The van der Waals surface area contributed by atoms with Crippen LogP contribution in [0.1, 0.15) is 13.3 Å². The molecule has 9 heavy (non-hydrogen) atoms. The predicted molar refractivity (Wildman–Crippen MR) is 35.0 cm³/mol. The summed E-state index contributed by atoms with van der Waals surface area (Å²) < 4.78 is 5.08. The number of hydrogen-bond acceptors (Lipinski definition) is 2. The molecule has 1 heterocycles. The Morgan fingerprint density at radius 1 is 1.78 bits per heavy atom. The molecule has 1 aliphatic rings. The van der Waals surface area contributed by atoms with Crippen molar-refractivity contribution in [2.24, 2.45) is 0 Å². The van der Waals surface area contributed by atoms with Crippen molar-refractivity contribution >= 4 is 0 Å². The van der Waals surface area contributed by atoms with E-state index in [1.807, 2.05) is 6.92 Å². The molecular weight excluding hydrogens is 116 g/mol. The number of hydrogen-bond donors (Lipinski definition) is 1. The van der Waals surface area contributed by atoms with Gasteiger partial charge in [-0.05, 0) is 12.5 Å². The van der Waals surface area contributed by atoms with Crippen molar-refractivity contribution in [3.63, 3.8) is 0 Å². The van der Waals surface area contributed by atoms with Crippen LogP contribution in [-0.4, -0.2) is 11.2 Å². The summed E-state index contributed by atoms with van der Waals surface area (Å²) in [7, 11) is 0. The highest BCUT2D eigenvalue weighted by Gasteiger charge is 2.05. The van der Waals surface area contributed by atoms with Gasteiger partial charge in [0.05, 0.1) is 6.26 Å². The van der Waals surface area contributed by atoms with Gasteiger partial charge in [-0.25, -0.2) is 0 Å². The van der Waals surface area contributed by atoms with Gasteiger partial charge >= 0.3 is 0 Å². The average Bonchev–Trinajstić information content (AvgIpc) is 1.88. The van der Waals surface area contributed by atoms with E-state index in [1.54, 1.807) is 6.08 Å². The summed E-state index contributed by atoms with van der Waals surface area (Å²) in [6.45, 7) is 2.01. The third kappa shape index (κ3) is 1.49. The van der Waals surface area contributed by atoms with E-state index in [-0.39, 0.29) is 6.10 Å². The molecule has 0 aromatic carbocycles. The molecule has 1 unspecified atom stereocenters. The highest BCUT2D eigenvalue weighted by atomic mass is 16.5. The molecule has 1 aliphatic heterocycles. The molecule has 0 radical (unpaired) electrons. The van der Waals surface area contributed by atoms with Crippen LogP contribution in [0, 0.1) is 0 Å². The minimum atomic E-state index is 0.0648. The lowest BCUT2D eigenvalue weighted by molar-refractivity contribution is 0.171. The highest BCUT2D eigenvalue weighted by molar-refractivity contribution is 5.14. The molecule has 0 saturated carbocycles. The first-order valence-electron chi connectivity index (χ1n) is 3.05. The molecule has 1 N–H and O–H groups in total. The monoisotopic (exact) mass is 126 g/mol. The summed E-state index contributed by atoms with van der Waals surface area (Å²) in [5, 5.41) is 8.90. The van der Waals surface area contributed by atoms with Gasteiger partial charge in [-0.15, -0.1) is 0 Å². The Morgan fingerprint density at radius 3 is 3.00 bits per heavy atom. The Kier molecular flexibility index (Phi) is 1.78. The Labute approximate surface area is 54.5 Å². The molecule has 0 bridgehead atoms. The molecule has 0 spiro atoms. The van der Waals surface area contributed by atoms with Crippen LogP contribution < -0.4 is 0 Å². The first kappa shape index (κ1) is 6.20. The Balaban J connectivity index is 2.55. The van der Waals surface area contributed by atoms with Crippen LogP contribution in [-0.2, 0) is 4.74 Å². The molecule has 0 aromatic heterocycles. The second-order valence-corrected chi connectivity index (χ2v) is 1.98. The second kappa shape index (κ2) is 2.58. The normalized spacial score (nSPS) is 25.0. The molecular formula is C7H10O2. The van der Waals surface area contributed by atoms with E-state index in [4.69, 9.17) is 9.84 Å². The van der Waals surface area contributed by atoms with Crippen LogP contribution in [0.15, 0.2) is 24.2 Å². The van der Waals surface area contributed by atoms with Gasteiger partial charge < -0.3 is 9.84 Å². The predicted octanol–water partition coefficient (Wildman–Crippen LogP) is 1.75. The Bertz CT molecular complexity index is 147. The lowest BCUT2D eigenvalue weighted by atomic mass is 10.2. The van der Waals surface area contributed by atoms with Crippen molar-refractivity contribution in [1.29, 1.82) is 0 Å². The lowest BCUT2D eigenvalue weighted by Gasteiger charge is -2.13.